The molecule has 0 fully saturated rings. The summed E-state index contributed by atoms with van der Waals surface area (Å²) in [4.78, 5) is 12.9. The fraction of sp³-hybridized carbons (Fsp3) is 0.0625. The van der Waals surface area contributed by atoms with E-state index in [0.717, 1.165) is 17.0 Å². The summed E-state index contributed by atoms with van der Waals surface area (Å²) in [6, 6.07) is 8.62. The van der Waals surface area contributed by atoms with Gasteiger partial charge in [-0.3, -0.25) is 4.79 Å². The number of carbonyl (C=O) groups excluding carboxylic acids is 1. The lowest BCUT2D eigenvalue weighted by molar-refractivity contribution is 0.104. The van der Waals surface area contributed by atoms with E-state index in [2.05, 4.69) is 0 Å². The second-order valence-corrected chi connectivity index (χ2v) is 5.10. The first-order valence-electron chi connectivity index (χ1n) is 6.02. The van der Waals surface area contributed by atoms with Gasteiger partial charge in [0.25, 0.3) is 0 Å². The highest BCUT2D eigenvalue weighted by Gasteiger charge is 2.09. The SMILES string of the molecule is CSc1ccc(C(=O)C=Cc2cc(F)c(F)c(F)c2)cc1. The van der Waals surface area contributed by atoms with Gasteiger partial charge in [0.05, 0.1) is 0 Å². The maximum absolute atomic E-state index is 13.0. The standard InChI is InChI=1S/C16H11F3OS/c1-21-12-5-3-11(4-6-12)15(20)7-2-10-8-13(17)16(19)14(18)9-10/h2-9H,1H3. The number of halogens is 3. The summed E-state index contributed by atoms with van der Waals surface area (Å²) in [5.41, 5.74) is 0.549. The van der Waals surface area contributed by atoms with Gasteiger partial charge in [0.1, 0.15) is 0 Å². The summed E-state index contributed by atoms with van der Waals surface area (Å²) in [6.45, 7) is 0. The molecule has 0 spiro atoms. The zero-order valence-corrected chi connectivity index (χ0v) is 11.9. The second kappa shape index (κ2) is 6.63. The Morgan fingerprint density at radius 3 is 2.14 bits per heavy atom. The molecule has 108 valence electrons. The first-order chi connectivity index (χ1) is 10.0. The number of thioether (sulfide) groups is 1. The van der Waals surface area contributed by atoms with Crippen molar-refractivity contribution >= 4 is 23.6 Å². The third kappa shape index (κ3) is 3.76. The molecule has 0 radical (unpaired) electrons. The lowest BCUT2D eigenvalue weighted by Gasteiger charge is -2.00. The Bertz CT molecular complexity index is 670. The Balaban J connectivity index is 2.18. The normalized spacial score (nSPS) is 11.0. The first kappa shape index (κ1) is 15.4. The number of hydrogen-bond acceptors (Lipinski definition) is 2. The minimum atomic E-state index is -1.52. The largest absolute Gasteiger partial charge is 0.289 e. The van der Waals surface area contributed by atoms with Crippen molar-refractivity contribution in [3.8, 4) is 0 Å². The van der Waals surface area contributed by atoms with E-state index in [1.54, 1.807) is 23.9 Å². The Hall–Kier alpha value is -2.01. The van der Waals surface area contributed by atoms with Gasteiger partial charge >= 0.3 is 0 Å². The second-order valence-electron chi connectivity index (χ2n) is 4.22. The molecule has 0 aliphatic carbocycles. The van der Waals surface area contributed by atoms with E-state index in [4.69, 9.17) is 0 Å². The topological polar surface area (TPSA) is 17.1 Å². The molecule has 0 heterocycles. The van der Waals surface area contributed by atoms with E-state index in [0.29, 0.717) is 5.56 Å². The van der Waals surface area contributed by atoms with Crippen molar-refractivity contribution in [1.29, 1.82) is 0 Å². The molecule has 0 atom stereocenters. The van der Waals surface area contributed by atoms with Crippen LogP contribution < -0.4 is 0 Å². The highest BCUT2D eigenvalue weighted by atomic mass is 32.2. The van der Waals surface area contributed by atoms with Crippen LogP contribution in [-0.4, -0.2) is 12.0 Å². The highest BCUT2D eigenvalue weighted by Crippen LogP contribution is 2.17. The van der Waals surface area contributed by atoms with Gasteiger partial charge < -0.3 is 0 Å². The van der Waals surface area contributed by atoms with E-state index in [9.17, 15) is 18.0 Å². The van der Waals surface area contributed by atoms with E-state index in [-0.39, 0.29) is 11.3 Å². The molecule has 1 nitrogen and oxygen atoms in total. The molecule has 2 aromatic carbocycles. The van der Waals surface area contributed by atoms with Gasteiger partial charge in [0.15, 0.2) is 23.2 Å². The molecule has 21 heavy (non-hydrogen) atoms. The van der Waals surface area contributed by atoms with Crippen LogP contribution in [0.3, 0.4) is 0 Å². The van der Waals surface area contributed by atoms with Gasteiger partial charge in [-0.25, -0.2) is 13.2 Å². The number of ketones is 1. The molecule has 0 saturated heterocycles. The van der Waals surface area contributed by atoms with Gasteiger partial charge in [0.2, 0.25) is 0 Å². The van der Waals surface area contributed by atoms with Crippen LogP contribution >= 0.6 is 11.8 Å². The maximum atomic E-state index is 13.0. The molecule has 0 aliphatic rings. The summed E-state index contributed by atoms with van der Waals surface area (Å²) < 4.78 is 38.9. The van der Waals surface area contributed by atoms with Crippen LogP contribution in [0.2, 0.25) is 0 Å². The predicted molar refractivity (Wildman–Crippen MR) is 77.9 cm³/mol. The maximum Gasteiger partial charge on any atom is 0.194 e. The van der Waals surface area contributed by atoms with E-state index >= 15 is 0 Å². The molecular formula is C16H11F3OS. The van der Waals surface area contributed by atoms with Crippen LogP contribution in [0.15, 0.2) is 47.4 Å². The summed E-state index contributed by atoms with van der Waals surface area (Å²) in [7, 11) is 0. The Labute approximate surface area is 124 Å². The highest BCUT2D eigenvalue weighted by molar-refractivity contribution is 7.98. The molecule has 0 amide bonds. The van der Waals surface area contributed by atoms with Crippen molar-refractivity contribution in [1.82, 2.24) is 0 Å². The van der Waals surface area contributed by atoms with Crippen molar-refractivity contribution in [3.63, 3.8) is 0 Å². The number of hydrogen-bond donors (Lipinski definition) is 0. The van der Waals surface area contributed by atoms with Gasteiger partial charge in [-0.1, -0.05) is 6.08 Å². The summed E-state index contributed by atoms with van der Waals surface area (Å²) in [5, 5.41) is 0. The van der Waals surface area contributed by atoms with Crippen molar-refractivity contribution in [2.24, 2.45) is 0 Å². The molecular weight excluding hydrogens is 297 g/mol. The summed E-state index contributed by atoms with van der Waals surface area (Å²) in [5.74, 6) is -4.39. The van der Waals surface area contributed by atoms with Gasteiger partial charge in [-0.15, -0.1) is 11.8 Å². The van der Waals surface area contributed by atoms with Crippen LogP contribution in [0, 0.1) is 17.5 Å². The monoisotopic (exact) mass is 308 g/mol. The van der Waals surface area contributed by atoms with Crippen LogP contribution in [0.5, 0.6) is 0 Å². The average Bonchev–Trinajstić information content (AvgIpc) is 2.50. The minimum absolute atomic E-state index is 0.0838. The zero-order valence-electron chi connectivity index (χ0n) is 11.1. The molecule has 0 N–H and O–H groups in total. The van der Waals surface area contributed by atoms with Crippen LogP contribution in [-0.2, 0) is 0 Å². The average molecular weight is 308 g/mol. The lowest BCUT2D eigenvalue weighted by atomic mass is 10.1. The number of benzene rings is 2. The minimum Gasteiger partial charge on any atom is -0.289 e. The molecule has 0 saturated carbocycles. The Morgan fingerprint density at radius 2 is 1.62 bits per heavy atom. The van der Waals surface area contributed by atoms with Crippen LogP contribution in [0.1, 0.15) is 15.9 Å². The number of rotatable bonds is 4. The Morgan fingerprint density at radius 1 is 1.05 bits per heavy atom. The smallest absolute Gasteiger partial charge is 0.194 e. The molecule has 0 bridgehead atoms. The van der Waals surface area contributed by atoms with Crippen LogP contribution in [0.4, 0.5) is 13.2 Å². The number of allylic oxidation sites excluding steroid dienone is 1. The first-order valence-corrected chi connectivity index (χ1v) is 7.24. The summed E-state index contributed by atoms with van der Waals surface area (Å²) in [6.07, 6.45) is 4.37. The van der Waals surface area contributed by atoms with E-state index in [1.807, 2.05) is 18.4 Å². The fourth-order valence-corrected chi connectivity index (χ4v) is 2.10. The third-order valence-corrected chi connectivity index (χ3v) is 3.55. The van der Waals surface area contributed by atoms with Gasteiger partial charge in [-0.05, 0) is 54.3 Å². The van der Waals surface area contributed by atoms with Crippen molar-refractivity contribution in [2.45, 2.75) is 4.90 Å². The lowest BCUT2D eigenvalue weighted by Crippen LogP contribution is -1.94. The van der Waals surface area contributed by atoms with E-state index in [1.165, 1.54) is 12.2 Å². The zero-order chi connectivity index (χ0) is 15.4. The van der Waals surface area contributed by atoms with Crippen molar-refractivity contribution in [2.75, 3.05) is 6.26 Å². The fourth-order valence-electron chi connectivity index (χ4n) is 1.69. The molecule has 5 heteroatoms. The molecule has 2 aromatic rings. The summed E-state index contributed by atoms with van der Waals surface area (Å²) >= 11 is 1.56. The molecule has 0 unspecified atom stereocenters. The predicted octanol–water partition coefficient (Wildman–Crippen LogP) is 4.72. The molecule has 0 aromatic heterocycles. The molecule has 0 aliphatic heterocycles. The van der Waals surface area contributed by atoms with Crippen molar-refractivity contribution < 1.29 is 18.0 Å². The van der Waals surface area contributed by atoms with Gasteiger partial charge in [0, 0.05) is 10.5 Å². The number of carbonyl (C=O) groups is 1. The van der Waals surface area contributed by atoms with Crippen molar-refractivity contribution in [3.05, 3.63) is 71.1 Å². The quantitative estimate of drug-likeness (QED) is 0.352. The van der Waals surface area contributed by atoms with E-state index < -0.39 is 17.5 Å². The third-order valence-electron chi connectivity index (χ3n) is 2.81. The van der Waals surface area contributed by atoms with Gasteiger partial charge in [-0.2, -0.15) is 0 Å². The van der Waals surface area contributed by atoms with Crippen LogP contribution in [0.25, 0.3) is 6.08 Å². The Kier molecular flexibility index (Phi) is 4.85. The molecule has 2 rings (SSSR count).